The van der Waals surface area contributed by atoms with Gasteiger partial charge in [0.25, 0.3) is 0 Å². The second kappa shape index (κ2) is 9.94. The smallest absolute Gasteiger partial charge is 0.134 e. The highest BCUT2D eigenvalue weighted by atomic mass is 127. The Kier molecular flexibility index (Phi) is 6.59. The Bertz CT molecular complexity index is 1510. The number of aromatic nitrogens is 3. The maximum Gasteiger partial charge on any atom is 0.134 e. The predicted molar refractivity (Wildman–Crippen MR) is 148 cm³/mol. The second-order valence-corrected chi connectivity index (χ2v) is 9.97. The highest BCUT2D eigenvalue weighted by Crippen LogP contribution is 2.31. The van der Waals surface area contributed by atoms with Crippen molar-refractivity contribution in [3.8, 4) is 34.3 Å². The van der Waals surface area contributed by atoms with Gasteiger partial charge in [-0.1, -0.05) is 54.1 Å². The van der Waals surface area contributed by atoms with Gasteiger partial charge in [-0.3, -0.25) is 0 Å². The maximum atomic E-state index is 9.98. The Morgan fingerprint density at radius 3 is 2.38 bits per heavy atom. The Morgan fingerprint density at radius 1 is 0.971 bits per heavy atom. The third-order valence-electron chi connectivity index (χ3n) is 5.18. The van der Waals surface area contributed by atoms with E-state index in [0.717, 1.165) is 33.8 Å². The average molecular weight is 591 g/mol. The number of nitrogens with zero attached hydrogens (tertiary/aromatic N) is 4. The Hall–Kier alpha value is -3.25. The largest absolute Gasteiger partial charge is 0.240 e. The van der Waals surface area contributed by atoms with E-state index >= 15 is 0 Å². The zero-order valence-electron chi connectivity index (χ0n) is 17.7. The van der Waals surface area contributed by atoms with E-state index in [0.29, 0.717) is 15.6 Å². The van der Waals surface area contributed by atoms with Crippen LogP contribution in [0.2, 0.25) is 5.02 Å². The number of benzene rings is 3. The summed E-state index contributed by atoms with van der Waals surface area (Å²) in [6.07, 6.45) is 3.79. The predicted octanol–water partition coefficient (Wildman–Crippen LogP) is 7.98. The van der Waals surface area contributed by atoms with E-state index in [1.54, 1.807) is 0 Å². The summed E-state index contributed by atoms with van der Waals surface area (Å²) in [7, 11) is 0. The van der Waals surface area contributed by atoms with Crippen LogP contribution in [0.15, 0.2) is 90.4 Å². The van der Waals surface area contributed by atoms with E-state index in [4.69, 9.17) is 21.7 Å². The number of allylic oxidation sites excluding steroid dienone is 1. The van der Waals surface area contributed by atoms with Crippen LogP contribution in [0.1, 0.15) is 10.6 Å². The molecule has 0 unspecified atom stereocenters. The minimum absolute atomic E-state index is 0.490. The van der Waals surface area contributed by atoms with Crippen molar-refractivity contribution in [2.24, 2.45) is 0 Å². The van der Waals surface area contributed by atoms with Crippen LogP contribution < -0.4 is 0 Å². The molecule has 0 amide bonds. The summed E-state index contributed by atoms with van der Waals surface area (Å²) >= 11 is 9.84. The molecular weight excluding hydrogens is 575 g/mol. The Balaban J connectivity index is 1.58. The van der Waals surface area contributed by atoms with Crippen LogP contribution in [0.5, 0.6) is 0 Å². The van der Waals surface area contributed by atoms with E-state index in [1.165, 1.54) is 14.9 Å². The van der Waals surface area contributed by atoms with Crippen LogP contribution in [0.4, 0.5) is 0 Å². The number of hydrogen-bond acceptors (Lipinski definition) is 4. The number of rotatable bonds is 5. The lowest BCUT2D eigenvalue weighted by Gasteiger charge is -2.01. The molecule has 0 spiro atoms. The lowest BCUT2D eigenvalue weighted by molar-refractivity contribution is 0.884. The molecular formula is C27H16ClIN4S. The summed E-state index contributed by atoms with van der Waals surface area (Å²) in [5, 5.41) is 18.1. The van der Waals surface area contributed by atoms with Crippen LogP contribution in [-0.2, 0) is 0 Å². The maximum absolute atomic E-state index is 9.98. The zero-order chi connectivity index (χ0) is 23.5. The standard InChI is InChI=1S/C27H16ClIN4S/c28-22-10-6-19(7-11-22)26-21(16-33(32-26)24-4-2-1-3-5-24)14-20(15-30)27-31-25(17-34-27)18-8-12-23(29)13-9-18/h1-14,16-17H/b20-14-. The Morgan fingerprint density at radius 2 is 1.68 bits per heavy atom. The van der Waals surface area contributed by atoms with E-state index in [1.807, 2.05) is 101 Å². The summed E-state index contributed by atoms with van der Waals surface area (Å²) in [6.45, 7) is 0. The average Bonchev–Trinajstić information content (AvgIpc) is 3.52. The van der Waals surface area contributed by atoms with Crippen molar-refractivity contribution in [3.63, 3.8) is 0 Å². The number of nitriles is 1. The van der Waals surface area contributed by atoms with Gasteiger partial charge in [0.15, 0.2) is 0 Å². The molecule has 2 heterocycles. The van der Waals surface area contributed by atoms with Gasteiger partial charge in [0.05, 0.1) is 22.6 Å². The number of thiazole rings is 1. The fraction of sp³-hybridized carbons (Fsp3) is 0. The summed E-state index contributed by atoms with van der Waals surface area (Å²) < 4.78 is 2.99. The molecule has 0 aliphatic heterocycles. The minimum atomic E-state index is 0.490. The first-order valence-corrected chi connectivity index (χ1v) is 12.7. The molecule has 0 fully saturated rings. The van der Waals surface area contributed by atoms with Crippen molar-refractivity contribution in [2.75, 3.05) is 0 Å². The number of hydrogen-bond donors (Lipinski definition) is 0. The van der Waals surface area contributed by atoms with Crippen molar-refractivity contribution in [1.29, 1.82) is 5.26 Å². The number of halogens is 2. The monoisotopic (exact) mass is 590 g/mol. The van der Waals surface area contributed by atoms with Gasteiger partial charge >= 0.3 is 0 Å². The molecule has 5 rings (SSSR count). The lowest BCUT2D eigenvalue weighted by atomic mass is 10.1. The molecule has 0 aliphatic rings. The quantitative estimate of drug-likeness (QED) is 0.154. The van der Waals surface area contributed by atoms with Gasteiger partial charge in [0, 0.05) is 36.9 Å². The lowest BCUT2D eigenvalue weighted by Crippen LogP contribution is -1.93. The van der Waals surface area contributed by atoms with Crippen LogP contribution in [0, 0.1) is 14.9 Å². The summed E-state index contributed by atoms with van der Waals surface area (Å²) in [6, 6.07) is 27.9. The van der Waals surface area contributed by atoms with Gasteiger partial charge in [-0.05, 0) is 65.1 Å². The van der Waals surface area contributed by atoms with Crippen molar-refractivity contribution in [2.45, 2.75) is 0 Å². The molecule has 2 aromatic heterocycles. The van der Waals surface area contributed by atoms with Crippen molar-refractivity contribution < 1.29 is 0 Å². The third kappa shape index (κ3) is 4.82. The minimum Gasteiger partial charge on any atom is -0.240 e. The van der Waals surface area contributed by atoms with Crippen LogP contribution in [-0.4, -0.2) is 14.8 Å². The SMILES string of the molecule is N#C/C(=C/c1cn(-c2ccccc2)nc1-c1ccc(Cl)cc1)c1nc(-c2ccc(I)cc2)cs1. The van der Waals surface area contributed by atoms with Crippen LogP contribution in [0.3, 0.4) is 0 Å². The van der Waals surface area contributed by atoms with E-state index in [-0.39, 0.29) is 0 Å². The van der Waals surface area contributed by atoms with E-state index < -0.39 is 0 Å². The molecule has 0 saturated heterocycles. The molecule has 0 saturated carbocycles. The second-order valence-electron chi connectivity index (χ2n) is 7.43. The molecule has 0 aliphatic carbocycles. The van der Waals surface area contributed by atoms with Gasteiger partial charge in [0.1, 0.15) is 11.1 Å². The van der Waals surface area contributed by atoms with Gasteiger partial charge in [-0.2, -0.15) is 10.4 Å². The normalized spacial score (nSPS) is 11.4. The van der Waals surface area contributed by atoms with E-state index in [9.17, 15) is 5.26 Å². The van der Waals surface area contributed by atoms with Crippen LogP contribution >= 0.6 is 45.5 Å². The molecule has 0 atom stereocenters. The highest BCUT2D eigenvalue weighted by molar-refractivity contribution is 14.1. The van der Waals surface area contributed by atoms with Crippen LogP contribution in [0.25, 0.3) is 39.9 Å². The molecule has 3 aromatic carbocycles. The first-order valence-electron chi connectivity index (χ1n) is 10.4. The Labute approximate surface area is 219 Å². The zero-order valence-corrected chi connectivity index (χ0v) is 21.4. The summed E-state index contributed by atoms with van der Waals surface area (Å²) in [4.78, 5) is 4.74. The highest BCUT2D eigenvalue weighted by Gasteiger charge is 2.15. The third-order valence-corrected chi connectivity index (χ3v) is 7.02. The first-order chi connectivity index (χ1) is 16.6. The molecule has 34 heavy (non-hydrogen) atoms. The fourth-order valence-electron chi connectivity index (χ4n) is 3.49. The molecule has 0 N–H and O–H groups in total. The number of para-hydroxylation sites is 1. The molecule has 5 aromatic rings. The molecule has 0 radical (unpaired) electrons. The van der Waals surface area contributed by atoms with Gasteiger partial charge in [0.2, 0.25) is 0 Å². The molecule has 164 valence electrons. The fourth-order valence-corrected chi connectivity index (χ4v) is 4.77. The van der Waals surface area contributed by atoms with E-state index in [2.05, 4.69) is 28.7 Å². The summed E-state index contributed by atoms with van der Waals surface area (Å²) in [5.74, 6) is 0. The van der Waals surface area contributed by atoms with Crippen molar-refractivity contribution in [3.05, 3.63) is 110 Å². The van der Waals surface area contributed by atoms with Gasteiger partial charge in [-0.15, -0.1) is 11.3 Å². The molecule has 0 bridgehead atoms. The first kappa shape index (κ1) is 22.5. The van der Waals surface area contributed by atoms with Gasteiger partial charge < -0.3 is 0 Å². The summed E-state index contributed by atoms with van der Waals surface area (Å²) in [5.41, 5.74) is 5.82. The van der Waals surface area contributed by atoms with Crippen molar-refractivity contribution >= 4 is 57.2 Å². The van der Waals surface area contributed by atoms with Crippen molar-refractivity contribution in [1.82, 2.24) is 14.8 Å². The molecule has 4 nitrogen and oxygen atoms in total. The van der Waals surface area contributed by atoms with Gasteiger partial charge in [-0.25, -0.2) is 9.67 Å². The molecule has 7 heteroatoms. The topological polar surface area (TPSA) is 54.5 Å².